The van der Waals surface area contributed by atoms with Crippen LogP contribution in [0.15, 0.2) is 53.5 Å². The Labute approximate surface area is 190 Å². The van der Waals surface area contributed by atoms with Gasteiger partial charge in [0.1, 0.15) is 17.6 Å². The Morgan fingerprint density at radius 3 is 2.52 bits per heavy atom. The lowest BCUT2D eigenvalue weighted by molar-refractivity contribution is 0.186. The molecule has 0 saturated heterocycles. The first-order valence-corrected chi connectivity index (χ1v) is 9.59. The summed E-state index contributed by atoms with van der Waals surface area (Å²) in [7, 11) is 1.61. The van der Waals surface area contributed by atoms with Gasteiger partial charge in [-0.1, -0.05) is 24.3 Å². The largest absolute Gasteiger partial charge is 0.497 e. The SMILES string of the molecule is CCNC(=NCC(O)c1cccc(OC)c1)NCC(C)Oc1cccc(C)c1.I. The van der Waals surface area contributed by atoms with Crippen LogP contribution in [0.25, 0.3) is 0 Å². The maximum Gasteiger partial charge on any atom is 0.191 e. The highest BCUT2D eigenvalue weighted by Gasteiger charge is 2.10. The molecule has 3 N–H and O–H groups in total. The lowest BCUT2D eigenvalue weighted by atomic mass is 10.1. The van der Waals surface area contributed by atoms with Crippen LogP contribution < -0.4 is 20.1 Å². The van der Waals surface area contributed by atoms with E-state index in [9.17, 15) is 5.11 Å². The van der Waals surface area contributed by atoms with E-state index >= 15 is 0 Å². The molecule has 0 heterocycles. The van der Waals surface area contributed by atoms with Crippen LogP contribution in [-0.4, -0.2) is 43.9 Å². The van der Waals surface area contributed by atoms with Crippen molar-refractivity contribution in [3.63, 3.8) is 0 Å². The van der Waals surface area contributed by atoms with Crippen molar-refractivity contribution in [1.29, 1.82) is 0 Å². The fourth-order valence-electron chi connectivity index (χ4n) is 2.68. The second kappa shape index (κ2) is 13.3. The van der Waals surface area contributed by atoms with E-state index in [1.807, 2.05) is 69.3 Å². The smallest absolute Gasteiger partial charge is 0.191 e. The Morgan fingerprint density at radius 1 is 1.10 bits per heavy atom. The van der Waals surface area contributed by atoms with E-state index in [0.29, 0.717) is 18.3 Å². The van der Waals surface area contributed by atoms with Crippen molar-refractivity contribution >= 4 is 29.9 Å². The normalized spacial score (nSPS) is 13.1. The van der Waals surface area contributed by atoms with Gasteiger partial charge in [0.25, 0.3) is 0 Å². The average molecular weight is 513 g/mol. The predicted octanol–water partition coefficient (Wildman–Crippen LogP) is 3.68. The number of halogens is 1. The molecule has 6 nitrogen and oxygen atoms in total. The van der Waals surface area contributed by atoms with Gasteiger partial charge in [0, 0.05) is 6.54 Å². The first-order valence-electron chi connectivity index (χ1n) is 9.59. The van der Waals surface area contributed by atoms with E-state index in [-0.39, 0.29) is 36.6 Å². The van der Waals surface area contributed by atoms with Gasteiger partial charge in [-0.25, -0.2) is 0 Å². The summed E-state index contributed by atoms with van der Waals surface area (Å²) >= 11 is 0. The van der Waals surface area contributed by atoms with Crippen LogP contribution in [0.3, 0.4) is 0 Å². The first-order chi connectivity index (χ1) is 13.5. The van der Waals surface area contributed by atoms with Crippen LogP contribution in [0, 0.1) is 6.92 Å². The average Bonchev–Trinajstić information content (AvgIpc) is 2.70. The summed E-state index contributed by atoms with van der Waals surface area (Å²) < 4.78 is 11.1. The van der Waals surface area contributed by atoms with Gasteiger partial charge < -0.3 is 25.2 Å². The van der Waals surface area contributed by atoms with Crippen LogP contribution in [-0.2, 0) is 0 Å². The first kappa shape index (κ1) is 25.0. The van der Waals surface area contributed by atoms with E-state index in [1.54, 1.807) is 7.11 Å². The number of hydrogen-bond donors (Lipinski definition) is 3. The minimum Gasteiger partial charge on any atom is -0.497 e. The molecule has 0 aliphatic carbocycles. The van der Waals surface area contributed by atoms with Gasteiger partial charge in [0.15, 0.2) is 5.96 Å². The summed E-state index contributed by atoms with van der Waals surface area (Å²) in [5, 5.41) is 16.9. The van der Waals surface area contributed by atoms with Crippen molar-refractivity contribution in [2.24, 2.45) is 4.99 Å². The molecule has 0 saturated carbocycles. The topological polar surface area (TPSA) is 75.1 Å². The number of rotatable bonds is 9. The standard InChI is InChI=1S/C22H31N3O3.HI/c1-5-23-22(24-14-17(3)28-20-11-6-8-16(2)12-20)25-15-21(26)18-9-7-10-19(13-18)27-4;/h6-13,17,21,26H,5,14-15H2,1-4H3,(H2,23,24,25);1H. The third-order valence-corrected chi connectivity index (χ3v) is 4.13. The fourth-order valence-corrected chi connectivity index (χ4v) is 2.68. The molecule has 0 bridgehead atoms. The zero-order valence-electron chi connectivity index (χ0n) is 17.5. The second-order valence-electron chi connectivity index (χ2n) is 6.64. The lowest BCUT2D eigenvalue weighted by Gasteiger charge is -2.18. The highest BCUT2D eigenvalue weighted by Crippen LogP contribution is 2.19. The van der Waals surface area contributed by atoms with Gasteiger partial charge in [-0.2, -0.15) is 0 Å². The highest BCUT2D eigenvalue weighted by atomic mass is 127. The molecular weight excluding hydrogens is 481 g/mol. The Bertz CT molecular complexity index is 770. The zero-order chi connectivity index (χ0) is 20.4. The maximum atomic E-state index is 10.4. The number of benzene rings is 2. The minimum absolute atomic E-state index is 0. The summed E-state index contributed by atoms with van der Waals surface area (Å²) in [4.78, 5) is 4.49. The Kier molecular flexibility index (Phi) is 11.5. The Balaban J connectivity index is 0.00000420. The molecule has 29 heavy (non-hydrogen) atoms. The number of nitrogens with zero attached hydrogens (tertiary/aromatic N) is 1. The van der Waals surface area contributed by atoms with Crippen LogP contribution in [0.2, 0.25) is 0 Å². The molecule has 0 aliphatic heterocycles. The molecule has 0 fully saturated rings. The van der Waals surface area contributed by atoms with Gasteiger partial charge in [0.05, 0.1) is 26.3 Å². The molecule has 160 valence electrons. The molecule has 2 unspecified atom stereocenters. The summed E-state index contributed by atoms with van der Waals surface area (Å²) in [6, 6.07) is 15.4. The summed E-state index contributed by atoms with van der Waals surface area (Å²) in [5.74, 6) is 2.21. The molecule has 2 atom stereocenters. The fraction of sp³-hybridized carbons (Fsp3) is 0.409. The van der Waals surface area contributed by atoms with Gasteiger partial charge in [-0.15, -0.1) is 24.0 Å². The predicted molar refractivity (Wildman–Crippen MR) is 129 cm³/mol. The lowest BCUT2D eigenvalue weighted by Crippen LogP contribution is -2.42. The monoisotopic (exact) mass is 513 g/mol. The van der Waals surface area contributed by atoms with Gasteiger partial charge in [0.2, 0.25) is 0 Å². The zero-order valence-corrected chi connectivity index (χ0v) is 19.8. The van der Waals surface area contributed by atoms with Crippen LogP contribution in [0.1, 0.15) is 31.1 Å². The van der Waals surface area contributed by atoms with Crippen molar-refractivity contribution in [1.82, 2.24) is 10.6 Å². The second-order valence-corrected chi connectivity index (χ2v) is 6.64. The number of aliphatic hydroxyl groups is 1. The number of aliphatic imine (C=N–C) groups is 1. The third kappa shape index (κ3) is 8.91. The molecule has 2 rings (SSSR count). The third-order valence-electron chi connectivity index (χ3n) is 4.13. The van der Waals surface area contributed by atoms with Crippen molar-refractivity contribution in [3.8, 4) is 11.5 Å². The minimum atomic E-state index is -0.702. The summed E-state index contributed by atoms with van der Waals surface area (Å²) in [6.45, 7) is 7.62. The van der Waals surface area contributed by atoms with Crippen molar-refractivity contribution in [2.45, 2.75) is 33.0 Å². The van der Waals surface area contributed by atoms with Crippen molar-refractivity contribution in [2.75, 3.05) is 26.7 Å². The quantitative estimate of drug-likeness (QED) is 0.271. The molecule has 0 radical (unpaired) electrons. The van der Waals surface area contributed by atoms with Gasteiger partial charge in [-0.3, -0.25) is 4.99 Å². The number of methoxy groups -OCH3 is 1. The van der Waals surface area contributed by atoms with Gasteiger partial charge in [-0.05, 0) is 56.2 Å². The van der Waals surface area contributed by atoms with Gasteiger partial charge >= 0.3 is 0 Å². The van der Waals surface area contributed by atoms with Crippen molar-refractivity contribution in [3.05, 3.63) is 59.7 Å². The highest BCUT2D eigenvalue weighted by molar-refractivity contribution is 14.0. The number of aryl methyl sites for hydroxylation is 1. The number of guanidine groups is 1. The maximum absolute atomic E-state index is 10.4. The van der Waals surface area contributed by atoms with E-state index in [0.717, 1.165) is 17.9 Å². The number of nitrogens with one attached hydrogen (secondary N) is 2. The number of ether oxygens (including phenoxy) is 2. The molecule has 0 aliphatic rings. The van der Waals surface area contributed by atoms with E-state index in [1.165, 1.54) is 5.56 Å². The molecular formula is C22H32IN3O3. The van der Waals surface area contributed by atoms with E-state index < -0.39 is 6.10 Å². The summed E-state index contributed by atoms with van der Waals surface area (Å²) in [6.07, 6.45) is -0.736. The van der Waals surface area contributed by atoms with Crippen molar-refractivity contribution < 1.29 is 14.6 Å². The molecule has 2 aromatic rings. The molecule has 0 spiro atoms. The Morgan fingerprint density at radius 2 is 1.83 bits per heavy atom. The molecule has 0 aromatic heterocycles. The van der Waals surface area contributed by atoms with E-state index in [4.69, 9.17) is 9.47 Å². The van der Waals surface area contributed by atoms with Crippen LogP contribution >= 0.6 is 24.0 Å². The molecule has 0 amide bonds. The van der Waals surface area contributed by atoms with Crippen LogP contribution in [0.5, 0.6) is 11.5 Å². The van der Waals surface area contributed by atoms with E-state index in [2.05, 4.69) is 15.6 Å². The Hall–Kier alpha value is -2.00. The number of hydrogen-bond acceptors (Lipinski definition) is 4. The molecule has 7 heteroatoms. The van der Waals surface area contributed by atoms with Crippen LogP contribution in [0.4, 0.5) is 0 Å². The molecule has 2 aromatic carbocycles. The summed E-state index contributed by atoms with van der Waals surface area (Å²) in [5.41, 5.74) is 1.94. The number of aliphatic hydroxyl groups excluding tert-OH is 1.